The average molecular weight is 508 g/mol. The van der Waals surface area contributed by atoms with Crippen LogP contribution in [0.2, 0.25) is 0 Å². The maximum Gasteiger partial charge on any atom is 0.257 e. The van der Waals surface area contributed by atoms with E-state index < -0.39 is 0 Å². The smallest absolute Gasteiger partial charge is 0.257 e. The summed E-state index contributed by atoms with van der Waals surface area (Å²) in [6.45, 7) is 7.78. The Morgan fingerprint density at radius 1 is 0.892 bits per heavy atom. The second-order valence-electron chi connectivity index (χ2n) is 9.93. The highest BCUT2D eigenvalue weighted by molar-refractivity contribution is 5.96. The summed E-state index contributed by atoms with van der Waals surface area (Å²) in [4.78, 5) is 33.2. The molecule has 0 N–H and O–H groups in total. The molecule has 0 bridgehead atoms. The van der Waals surface area contributed by atoms with E-state index in [1.807, 2.05) is 59.2 Å². The second kappa shape index (κ2) is 14.1. The van der Waals surface area contributed by atoms with Gasteiger partial charge in [0.2, 0.25) is 5.91 Å². The normalized spacial score (nSPS) is 20.6. The molecule has 37 heavy (non-hydrogen) atoms. The fourth-order valence-corrected chi connectivity index (χ4v) is 5.16. The number of hydrogen-bond donors (Lipinski definition) is 0. The lowest BCUT2D eigenvalue weighted by Crippen LogP contribution is -2.51. The third-order valence-electron chi connectivity index (χ3n) is 7.33. The molecule has 0 spiro atoms. The number of nitrogens with zero attached hydrogens (tertiary/aromatic N) is 3. The van der Waals surface area contributed by atoms with Crippen LogP contribution in [0.3, 0.4) is 0 Å². The van der Waals surface area contributed by atoms with Gasteiger partial charge in [-0.05, 0) is 43.9 Å². The number of hydrogen-bond acceptors (Lipinski definition) is 5. The van der Waals surface area contributed by atoms with Gasteiger partial charge < -0.3 is 19.3 Å². The van der Waals surface area contributed by atoms with Crippen molar-refractivity contribution in [1.29, 1.82) is 0 Å². The molecule has 200 valence electrons. The Morgan fingerprint density at radius 2 is 1.59 bits per heavy atom. The summed E-state index contributed by atoms with van der Waals surface area (Å²) in [6.07, 6.45) is 4.67. The van der Waals surface area contributed by atoms with Crippen LogP contribution in [-0.4, -0.2) is 91.6 Å². The maximum absolute atomic E-state index is 13.7. The van der Waals surface area contributed by atoms with Gasteiger partial charge in [0, 0.05) is 32.7 Å². The van der Waals surface area contributed by atoms with Crippen molar-refractivity contribution < 1.29 is 19.1 Å². The molecule has 0 radical (unpaired) electrons. The van der Waals surface area contributed by atoms with Gasteiger partial charge in [0.25, 0.3) is 5.91 Å². The second-order valence-corrected chi connectivity index (χ2v) is 9.93. The predicted molar refractivity (Wildman–Crippen MR) is 145 cm³/mol. The number of benzene rings is 2. The minimum absolute atomic E-state index is 0.00928. The summed E-state index contributed by atoms with van der Waals surface area (Å²) in [5.74, 6) is 0.733. The van der Waals surface area contributed by atoms with E-state index in [-0.39, 0.29) is 17.9 Å². The molecule has 2 amide bonds. The number of amides is 2. The lowest BCUT2D eigenvalue weighted by atomic mass is 10.0. The molecule has 1 atom stereocenters. The fraction of sp³-hybridized carbons (Fsp3) is 0.533. The number of rotatable bonds is 5. The molecular formula is C30H41N3O4. The van der Waals surface area contributed by atoms with Gasteiger partial charge in [0.1, 0.15) is 12.4 Å². The summed E-state index contributed by atoms with van der Waals surface area (Å²) >= 11 is 0. The van der Waals surface area contributed by atoms with E-state index in [9.17, 15) is 9.59 Å². The highest BCUT2D eigenvalue weighted by Gasteiger charge is 2.28. The molecule has 2 aromatic carbocycles. The van der Waals surface area contributed by atoms with Crippen LogP contribution in [0.5, 0.6) is 5.75 Å². The SMILES string of the molecule is CCN1CCCCCCN(C(=O)CN2CCOCC2)[C@@H](Cc2ccccc2)COc2ccccc2C1=O. The first-order valence-electron chi connectivity index (χ1n) is 13.8. The quantitative estimate of drug-likeness (QED) is 0.615. The average Bonchev–Trinajstić information content (AvgIpc) is 2.93. The molecule has 1 fully saturated rings. The Morgan fingerprint density at radius 3 is 2.35 bits per heavy atom. The predicted octanol–water partition coefficient (Wildman–Crippen LogP) is 3.87. The topological polar surface area (TPSA) is 62.3 Å². The number of morpholine rings is 1. The zero-order chi connectivity index (χ0) is 25.9. The highest BCUT2D eigenvalue weighted by Crippen LogP contribution is 2.23. The first kappa shape index (κ1) is 27.1. The molecule has 0 saturated carbocycles. The van der Waals surface area contributed by atoms with Crippen molar-refractivity contribution in [3.8, 4) is 5.75 Å². The molecule has 4 rings (SSSR count). The summed E-state index contributed by atoms with van der Waals surface area (Å²) < 4.78 is 11.9. The lowest BCUT2D eigenvalue weighted by Gasteiger charge is -2.35. The van der Waals surface area contributed by atoms with Crippen LogP contribution in [0.15, 0.2) is 54.6 Å². The number of carbonyl (C=O) groups excluding carboxylic acids is 2. The Kier molecular flexibility index (Phi) is 10.4. The number of fused-ring (bicyclic) bond motifs is 1. The van der Waals surface area contributed by atoms with Crippen molar-refractivity contribution in [1.82, 2.24) is 14.7 Å². The molecule has 0 unspecified atom stereocenters. The van der Waals surface area contributed by atoms with Crippen LogP contribution in [0.25, 0.3) is 0 Å². The van der Waals surface area contributed by atoms with Crippen LogP contribution < -0.4 is 4.74 Å². The van der Waals surface area contributed by atoms with Crippen LogP contribution in [0.1, 0.15) is 48.5 Å². The molecule has 2 aliphatic rings. The molecule has 2 aromatic rings. The lowest BCUT2D eigenvalue weighted by molar-refractivity contribution is -0.136. The molecule has 2 heterocycles. The van der Waals surface area contributed by atoms with E-state index in [0.29, 0.717) is 57.2 Å². The number of ether oxygens (including phenoxy) is 2. The Balaban J connectivity index is 1.60. The van der Waals surface area contributed by atoms with Crippen molar-refractivity contribution in [3.63, 3.8) is 0 Å². The third kappa shape index (κ3) is 7.79. The number of para-hydroxylation sites is 1. The molecule has 0 aromatic heterocycles. The maximum atomic E-state index is 13.7. The molecule has 7 heteroatoms. The first-order chi connectivity index (χ1) is 18.2. The van der Waals surface area contributed by atoms with Crippen LogP contribution >= 0.6 is 0 Å². The van der Waals surface area contributed by atoms with E-state index in [1.54, 1.807) is 0 Å². The Labute approximate surface area is 221 Å². The van der Waals surface area contributed by atoms with Crippen molar-refractivity contribution in [3.05, 3.63) is 65.7 Å². The zero-order valence-electron chi connectivity index (χ0n) is 22.1. The standard InChI is InChI=1S/C30H41N3O4/c1-2-32-16-10-3-4-11-17-33(29(34)23-31-18-20-36-21-19-31)26(22-25-12-6-5-7-13-25)24-37-28-15-9-8-14-27(28)30(32)35/h5-9,12-15,26H,2-4,10-11,16-24H2,1H3/t26-/m0/s1. The van der Waals surface area contributed by atoms with Gasteiger partial charge in [-0.2, -0.15) is 0 Å². The van der Waals surface area contributed by atoms with E-state index in [4.69, 9.17) is 9.47 Å². The Bertz CT molecular complexity index is 993. The van der Waals surface area contributed by atoms with Crippen molar-refractivity contribution in [2.45, 2.75) is 45.1 Å². The Hall–Kier alpha value is -2.90. The minimum Gasteiger partial charge on any atom is -0.491 e. The minimum atomic E-state index is -0.135. The van der Waals surface area contributed by atoms with Gasteiger partial charge in [0.15, 0.2) is 0 Å². The summed E-state index contributed by atoms with van der Waals surface area (Å²) in [7, 11) is 0. The van der Waals surface area contributed by atoms with Crippen molar-refractivity contribution in [2.24, 2.45) is 0 Å². The van der Waals surface area contributed by atoms with E-state index in [0.717, 1.165) is 45.3 Å². The summed E-state index contributed by atoms with van der Waals surface area (Å²) in [5, 5.41) is 0. The van der Waals surface area contributed by atoms with Crippen molar-refractivity contribution >= 4 is 11.8 Å². The van der Waals surface area contributed by atoms with Gasteiger partial charge in [-0.3, -0.25) is 14.5 Å². The molecule has 7 nitrogen and oxygen atoms in total. The zero-order valence-corrected chi connectivity index (χ0v) is 22.1. The van der Waals surface area contributed by atoms with Crippen LogP contribution in [0.4, 0.5) is 0 Å². The van der Waals surface area contributed by atoms with E-state index in [1.165, 1.54) is 5.56 Å². The van der Waals surface area contributed by atoms with Gasteiger partial charge in [-0.1, -0.05) is 55.3 Å². The molecule has 2 aliphatic heterocycles. The van der Waals surface area contributed by atoms with Gasteiger partial charge in [0.05, 0.1) is 31.4 Å². The molecule has 0 aliphatic carbocycles. The first-order valence-corrected chi connectivity index (χ1v) is 13.8. The highest BCUT2D eigenvalue weighted by atomic mass is 16.5. The molecule has 1 saturated heterocycles. The van der Waals surface area contributed by atoms with E-state index >= 15 is 0 Å². The van der Waals surface area contributed by atoms with Gasteiger partial charge in [-0.25, -0.2) is 0 Å². The van der Waals surface area contributed by atoms with Crippen LogP contribution in [-0.2, 0) is 16.0 Å². The molecular weight excluding hydrogens is 466 g/mol. The summed E-state index contributed by atoms with van der Waals surface area (Å²) in [6, 6.07) is 17.7. The summed E-state index contributed by atoms with van der Waals surface area (Å²) in [5.41, 5.74) is 1.76. The third-order valence-corrected chi connectivity index (χ3v) is 7.33. The van der Waals surface area contributed by atoms with Crippen LogP contribution in [0, 0.1) is 0 Å². The van der Waals surface area contributed by atoms with Gasteiger partial charge >= 0.3 is 0 Å². The fourth-order valence-electron chi connectivity index (χ4n) is 5.16. The van der Waals surface area contributed by atoms with E-state index in [2.05, 4.69) is 17.0 Å². The number of carbonyl (C=O) groups is 2. The van der Waals surface area contributed by atoms with Crippen molar-refractivity contribution in [2.75, 3.05) is 59.1 Å². The van der Waals surface area contributed by atoms with Gasteiger partial charge in [-0.15, -0.1) is 0 Å². The monoisotopic (exact) mass is 507 g/mol. The largest absolute Gasteiger partial charge is 0.491 e.